The molecular formula is C14H19NO3. The van der Waals surface area contributed by atoms with Crippen molar-refractivity contribution in [3.63, 3.8) is 0 Å². The number of amides is 1. The fraction of sp³-hybridized carbons (Fsp3) is 0.429. The molecule has 98 valence electrons. The van der Waals surface area contributed by atoms with Crippen LogP contribution in [0.1, 0.15) is 31.9 Å². The zero-order valence-corrected chi connectivity index (χ0v) is 10.9. The van der Waals surface area contributed by atoms with Gasteiger partial charge in [0.05, 0.1) is 0 Å². The third-order valence-corrected chi connectivity index (χ3v) is 2.83. The zero-order valence-electron chi connectivity index (χ0n) is 10.9. The summed E-state index contributed by atoms with van der Waals surface area (Å²) in [4.78, 5) is 21.2. The molecule has 18 heavy (non-hydrogen) atoms. The number of carbonyl (C=O) groups is 2. The van der Waals surface area contributed by atoms with Crippen molar-refractivity contribution in [2.75, 3.05) is 0 Å². The van der Waals surface area contributed by atoms with Gasteiger partial charge in [-0.1, -0.05) is 45.0 Å². The van der Waals surface area contributed by atoms with E-state index in [1.165, 1.54) is 5.56 Å². The number of carboxylic acid groups (broad SMARTS) is 1. The number of benzene rings is 1. The number of carbonyl (C=O) groups excluding carboxylic acids is 1. The Hall–Kier alpha value is -1.84. The average Bonchev–Trinajstić information content (AvgIpc) is 2.28. The smallest absolute Gasteiger partial charge is 0.326 e. The largest absolute Gasteiger partial charge is 0.480 e. The molecule has 1 amide bonds. The van der Waals surface area contributed by atoms with E-state index in [2.05, 4.69) is 26.1 Å². The minimum atomic E-state index is -1.03. The van der Waals surface area contributed by atoms with Gasteiger partial charge in [-0.2, -0.15) is 0 Å². The van der Waals surface area contributed by atoms with Crippen LogP contribution >= 0.6 is 0 Å². The van der Waals surface area contributed by atoms with Crippen LogP contribution in [0.25, 0.3) is 0 Å². The molecule has 0 fully saturated rings. The van der Waals surface area contributed by atoms with E-state index < -0.39 is 12.0 Å². The summed E-state index contributed by atoms with van der Waals surface area (Å²) in [6, 6.07) is 6.93. The highest BCUT2D eigenvalue weighted by atomic mass is 16.4. The van der Waals surface area contributed by atoms with Gasteiger partial charge < -0.3 is 10.4 Å². The maximum absolute atomic E-state index is 10.9. The lowest BCUT2D eigenvalue weighted by Gasteiger charge is -2.19. The topological polar surface area (TPSA) is 66.4 Å². The van der Waals surface area contributed by atoms with Crippen molar-refractivity contribution in [2.24, 2.45) is 0 Å². The van der Waals surface area contributed by atoms with E-state index in [4.69, 9.17) is 5.11 Å². The third-order valence-electron chi connectivity index (χ3n) is 2.83. The van der Waals surface area contributed by atoms with Crippen molar-refractivity contribution in [3.05, 3.63) is 35.4 Å². The first kappa shape index (κ1) is 14.2. The summed E-state index contributed by atoms with van der Waals surface area (Å²) in [5.41, 5.74) is 2.16. The molecule has 0 spiro atoms. The Morgan fingerprint density at radius 2 is 1.89 bits per heavy atom. The molecule has 0 radical (unpaired) electrons. The van der Waals surface area contributed by atoms with Crippen LogP contribution < -0.4 is 5.32 Å². The zero-order chi connectivity index (χ0) is 13.8. The predicted octanol–water partition coefficient (Wildman–Crippen LogP) is 1.73. The molecule has 0 saturated heterocycles. The highest BCUT2D eigenvalue weighted by molar-refractivity contribution is 5.76. The van der Waals surface area contributed by atoms with E-state index >= 15 is 0 Å². The van der Waals surface area contributed by atoms with E-state index in [9.17, 15) is 9.59 Å². The van der Waals surface area contributed by atoms with Crippen molar-refractivity contribution in [1.29, 1.82) is 0 Å². The summed E-state index contributed by atoms with van der Waals surface area (Å²) in [6.07, 6.45) is 0.709. The first-order valence-corrected chi connectivity index (χ1v) is 5.86. The molecule has 1 unspecified atom stereocenters. The van der Waals surface area contributed by atoms with Crippen molar-refractivity contribution in [2.45, 2.75) is 38.6 Å². The second-order valence-corrected chi connectivity index (χ2v) is 5.33. The van der Waals surface area contributed by atoms with E-state index in [1.807, 2.05) is 24.3 Å². The Bertz CT molecular complexity index is 418. The number of hydrogen-bond donors (Lipinski definition) is 2. The van der Waals surface area contributed by atoms with E-state index in [0.29, 0.717) is 12.8 Å². The lowest BCUT2D eigenvalue weighted by Crippen LogP contribution is -2.37. The molecule has 0 aliphatic heterocycles. The fourth-order valence-electron chi connectivity index (χ4n) is 1.68. The lowest BCUT2D eigenvalue weighted by atomic mass is 9.86. The van der Waals surface area contributed by atoms with Gasteiger partial charge in [-0.3, -0.25) is 4.79 Å². The molecule has 0 aliphatic carbocycles. The molecule has 4 heteroatoms. The maximum Gasteiger partial charge on any atom is 0.326 e. The minimum Gasteiger partial charge on any atom is -0.480 e. The minimum absolute atomic E-state index is 0.0752. The Kier molecular flexibility index (Phi) is 4.48. The summed E-state index contributed by atoms with van der Waals surface area (Å²) in [7, 11) is 0. The molecule has 4 nitrogen and oxygen atoms in total. The van der Waals surface area contributed by atoms with Crippen molar-refractivity contribution < 1.29 is 14.7 Å². The van der Waals surface area contributed by atoms with Gasteiger partial charge in [-0.05, 0) is 16.5 Å². The van der Waals surface area contributed by atoms with Crippen LogP contribution in [-0.2, 0) is 21.4 Å². The molecule has 1 aromatic carbocycles. The van der Waals surface area contributed by atoms with Gasteiger partial charge in [-0.25, -0.2) is 4.79 Å². The molecule has 0 aliphatic rings. The fourth-order valence-corrected chi connectivity index (χ4v) is 1.68. The number of aliphatic carboxylic acids is 1. The molecule has 0 aromatic heterocycles. The van der Waals surface area contributed by atoms with Crippen LogP contribution in [-0.4, -0.2) is 23.5 Å². The van der Waals surface area contributed by atoms with Crippen molar-refractivity contribution in [1.82, 2.24) is 5.32 Å². The van der Waals surface area contributed by atoms with Crippen LogP contribution in [0.3, 0.4) is 0 Å². The molecule has 1 aromatic rings. The highest BCUT2D eigenvalue weighted by Gasteiger charge is 2.17. The van der Waals surface area contributed by atoms with Crippen LogP contribution in [0, 0.1) is 0 Å². The standard InChI is InChI=1S/C14H19NO3/c1-14(2,3)11-6-4-10(5-7-11)8-12(13(17)18)15-9-16/h4-7,9,12H,8H2,1-3H3,(H,15,16)(H,17,18). The van der Waals surface area contributed by atoms with Gasteiger partial charge >= 0.3 is 5.97 Å². The molecule has 1 atom stereocenters. The summed E-state index contributed by atoms with van der Waals surface area (Å²) in [5.74, 6) is -1.03. The Morgan fingerprint density at radius 1 is 1.33 bits per heavy atom. The Morgan fingerprint density at radius 3 is 2.28 bits per heavy atom. The summed E-state index contributed by atoms with van der Waals surface area (Å²) < 4.78 is 0. The normalized spacial score (nSPS) is 12.8. The van der Waals surface area contributed by atoms with Gasteiger partial charge in [0.15, 0.2) is 0 Å². The van der Waals surface area contributed by atoms with Gasteiger partial charge in [-0.15, -0.1) is 0 Å². The SMILES string of the molecule is CC(C)(C)c1ccc(CC(NC=O)C(=O)O)cc1. The molecule has 1 rings (SSSR count). The highest BCUT2D eigenvalue weighted by Crippen LogP contribution is 2.22. The van der Waals surface area contributed by atoms with E-state index in [-0.39, 0.29) is 5.41 Å². The monoisotopic (exact) mass is 249 g/mol. The van der Waals surface area contributed by atoms with Gasteiger partial charge in [0, 0.05) is 6.42 Å². The van der Waals surface area contributed by atoms with Crippen LogP contribution in [0.2, 0.25) is 0 Å². The van der Waals surface area contributed by atoms with Crippen LogP contribution in [0.4, 0.5) is 0 Å². The molecule has 2 N–H and O–H groups in total. The van der Waals surface area contributed by atoms with Gasteiger partial charge in [0.1, 0.15) is 6.04 Å². The second kappa shape index (κ2) is 5.67. The third kappa shape index (κ3) is 3.87. The summed E-state index contributed by atoms with van der Waals surface area (Å²) >= 11 is 0. The van der Waals surface area contributed by atoms with Crippen LogP contribution in [0.5, 0.6) is 0 Å². The number of nitrogens with one attached hydrogen (secondary N) is 1. The number of hydrogen-bond acceptors (Lipinski definition) is 2. The molecule has 0 bridgehead atoms. The van der Waals surface area contributed by atoms with Crippen molar-refractivity contribution in [3.8, 4) is 0 Å². The van der Waals surface area contributed by atoms with E-state index in [0.717, 1.165) is 5.56 Å². The number of carboxylic acids is 1. The first-order valence-electron chi connectivity index (χ1n) is 5.86. The van der Waals surface area contributed by atoms with E-state index in [1.54, 1.807) is 0 Å². The predicted molar refractivity (Wildman–Crippen MR) is 69.5 cm³/mol. The van der Waals surface area contributed by atoms with Gasteiger partial charge in [0.2, 0.25) is 6.41 Å². The summed E-state index contributed by atoms with van der Waals surface area (Å²) in [5, 5.41) is 11.2. The maximum atomic E-state index is 10.9. The first-order chi connectivity index (χ1) is 8.34. The van der Waals surface area contributed by atoms with Crippen LogP contribution in [0.15, 0.2) is 24.3 Å². The quantitative estimate of drug-likeness (QED) is 0.781. The Balaban J connectivity index is 2.79. The molecular weight excluding hydrogens is 230 g/mol. The average molecular weight is 249 g/mol. The second-order valence-electron chi connectivity index (χ2n) is 5.33. The Labute approximate surface area is 107 Å². The van der Waals surface area contributed by atoms with Crippen molar-refractivity contribution >= 4 is 12.4 Å². The van der Waals surface area contributed by atoms with Gasteiger partial charge in [0.25, 0.3) is 0 Å². The molecule has 0 heterocycles. The number of rotatable bonds is 5. The lowest BCUT2D eigenvalue weighted by molar-refractivity contribution is -0.140. The summed E-state index contributed by atoms with van der Waals surface area (Å²) in [6.45, 7) is 6.36. The molecule has 0 saturated carbocycles.